The zero-order chi connectivity index (χ0) is 29.7. The molecule has 0 bridgehead atoms. The number of anilines is 3. The quantitative estimate of drug-likeness (QED) is 0.201. The van der Waals surface area contributed by atoms with Gasteiger partial charge in [-0.15, -0.1) is 0 Å². The maximum absolute atomic E-state index is 2.45. The zero-order valence-corrected chi connectivity index (χ0v) is 25.0. The molecule has 1 nitrogen and oxygen atoms in total. The van der Waals surface area contributed by atoms with Crippen molar-refractivity contribution in [3.05, 3.63) is 175 Å². The van der Waals surface area contributed by atoms with E-state index in [1.807, 2.05) is 0 Å². The Morgan fingerprint density at radius 2 is 1.02 bits per heavy atom. The van der Waals surface area contributed by atoms with Gasteiger partial charge in [-0.1, -0.05) is 141 Å². The van der Waals surface area contributed by atoms with Crippen molar-refractivity contribution >= 4 is 27.8 Å². The van der Waals surface area contributed by atoms with Crippen LogP contribution < -0.4 is 4.90 Å². The summed E-state index contributed by atoms with van der Waals surface area (Å²) < 4.78 is 0. The second-order valence-corrected chi connectivity index (χ2v) is 12.2. The Morgan fingerprint density at radius 3 is 1.82 bits per heavy atom. The van der Waals surface area contributed by atoms with E-state index in [2.05, 4.69) is 183 Å². The number of hydrogen-bond acceptors (Lipinski definition) is 1. The second-order valence-electron chi connectivity index (χ2n) is 12.2. The van der Waals surface area contributed by atoms with Gasteiger partial charge in [-0.05, 0) is 86.1 Å². The molecule has 8 rings (SSSR count). The van der Waals surface area contributed by atoms with Crippen LogP contribution in [0.2, 0.25) is 0 Å². The summed E-state index contributed by atoms with van der Waals surface area (Å²) in [4.78, 5) is 2.45. The molecule has 7 aromatic carbocycles. The Bertz CT molecular complexity index is 2140. The smallest absolute Gasteiger partial charge is 0.0549 e. The first kappa shape index (κ1) is 26.2. The van der Waals surface area contributed by atoms with E-state index in [0.29, 0.717) is 0 Å². The van der Waals surface area contributed by atoms with Gasteiger partial charge in [0.05, 0.1) is 5.69 Å². The van der Waals surface area contributed by atoms with E-state index in [4.69, 9.17) is 0 Å². The van der Waals surface area contributed by atoms with Crippen molar-refractivity contribution < 1.29 is 0 Å². The van der Waals surface area contributed by atoms with E-state index in [9.17, 15) is 0 Å². The normalized spacial score (nSPS) is 13.0. The van der Waals surface area contributed by atoms with Crippen molar-refractivity contribution in [1.29, 1.82) is 0 Å². The number of nitrogens with zero attached hydrogens (tertiary/aromatic N) is 1. The van der Waals surface area contributed by atoms with Gasteiger partial charge in [0.25, 0.3) is 0 Å². The van der Waals surface area contributed by atoms with Crippen LogP contribution in [0, 0.1) is 0 Å². The van der Waals surface area contributed by atoms with E-state index in [-0.39, 0.29) is 5.41 Å². The fourth-order valence-corrected chi connectivity index (χ4v) is 7.15. The number of rotatable bonds is 5. The van der Waals surface area contributed by atoms with Gasteiger partial charge in [0.15, 0.2) is 0 Å². The number of para-hydroxylation sites is 1. The van der Waals surface area contributed by atoms with Crippen LogP contribution in [0.4, 0.5) is 17.1 Å². The largest absolute Gasteiger partial charge is 0.310 e. The molecule has 0 aliphatic heterocycles. The lowest BCUT2D eigenvalue weighted by Gasteiger charge is -2.30. The molecule has 0 spiro atoms. The van der Waals surface area contributed by atoms with Gasteiger partial charge in [-0.3, -0.25) is 0 Å². The molecular formula is C43H33N. The third-order valence-corrected chi connectivity index (χ3v) is 9.19. The predicted molar refractivity (Wildman–Crippen MR) is 187 cm³/mol. The summed E-state index contributed by atoms with van der Waals surface area (Å²) in [6.45, 7) is 4.75. The average Bonchev–Trinajstić information content (AvgIpc) is 3.33. The van der Waals surface area contributed by atoms with Crippen molar-refractivity contribution in [2.75, 3.05) is 4.90 Å². The van der Waals surface area contributed by atoms with Crippen LogP contribution in [-0.4, -0.2) is 0 Å². The number of benzene rings is 7. The standard InChI is InChI=1S/C43H33N/c1-43(2)39-26-12-11-25-38(39)41-40(29-34-17-9-10-24-37(34)42(41)43)44(35-21-7-4-8-22-35)36-23-14-20-33(28-36)32-19-13-18-31(27-32)30-15-5-3-6-16-30/h3-29H,1-2H3. The molecular weight excluding hydrogens is 530 g/mol. The van der Waals surface area contributed by atoms with Crippen LogP contribution in [0.15, 0.2) is 164 Å². The molecule has 1 heteroatoms. The summed E-state index contributed by atoms with van der Waals surface area (Å²) in [6, 6.07) is 59.5. The van der Waals surface area contributed by atoms with Crippen LogP contribution in [-0.2, 0) is 5.41 Å². The molecule has 0 aromatic heterocycles. The molecule has 1 aliphatic rings. The zero-order valence-electron chi connectivity index (χ0n) is 25.0. The average molecular weight is 564 g/mol. The number of fused-ring (bicyclic) bond motifs is 5. The summed E-state index contributed by atoms with van der Waals surface area (Å²) >= 11 is 0. The van der Waals surface area contributed by atoms with Crippen LogP contribution in [0.1, 0.15) is 25.0 Å². The molecule has 44 heavy (non-hydrogen) atoms. The molecule has 7 aromatic rings. The molecule has 210 valence electrons. The molecule has 0 unspecified atom stereocenters. The monoisotopic (exact) mass is 563 g/mol. The van der Waals surface area contributed by atoms with Crippen LogP contribution >= 0.6 is 0 Å². The Balaban J connectivity index is 1.37. The van der Waals surface area contributed by atoms with Gasteiger partial charge in [-0.2, -0.15) is 0 Å². The maximum atomic E-state index is 2.45. The lowest BCUT2D eigenvalue weighted by molar-refractivity contribution is 0.666. The third-order valence-electron chi connectivity index (χ3n) is 9.19. The second kappa shape index (κ2) is 10.4. The first-order valence-corrected chi connectivity index (χ1v) is 15.4. The topological polar surface area (TPSA) is 3.24 Å². The van der Waals surface area contributed by atoms with Crippen molar-refractivity contribution in [1.82, 2.24) is 0 Å². The molecule has 0 atom stereocenters. The SMILES string of the molecule is CC1(C)c2ccccc2-c2c(N(c3ccccc3)c3cccc(-c4cccc(-c5ccccc5)c4)c3)cc3ccccc3c21. The molecule has 0 fully saturated rings. The fourth-order valence-electron chi connectivity index (χ4n) is 7.15. The van der Waals surface area contributed by atoms with Gasteiger partial charge >= 0.3 is 0 Å². The highest BCUT2D eigenvalue weighted by molar-refractivity contribution is 6.06. The summed E-state index contributed by atoms with van der Waals surface area (Å²) in [7, 11) is 0. The van der Waals surface area contributed by atoms with Crippen molar-refractivity contribution in [3.8, 4) is 33.4 Å². The lowest BCUT2D eigenvalue weighted by Crippen LogP contribution is -2.16. The number of hydrogen-bond donors (Lipinski definition) is 0. The van der Waals surface area contributed by atoms with E-state index >= 15 is 0 Å². The summed E-state index contributed by atoms with van der Waals surface area (Å²) in [6.07, 6.45) is 0. The van der Waals surface area contributed by atoms with Gasteiger partial charge < -0.3 is 4.90 Å². The van der Waals surface area contributed by atoms with E-state index in [1.165, 1.54) is 61.0 Å². The Hall–Kier alpha value is -5.40. The predicted octanol–water partition coefficient (Wildman–Crippen LogP) is 11.9. The van der Waals surface area contributed by atoms with Crippen LogP contribution in [0.25, 0.3) is 44.2 Å². The minimum atomic E-state index is -0.121. The first-order chi connectivity index (χ1) is 21.6. The highest BCUT2D eigenvalue weighted by atomic mass is 15.1. The van der Waals surface area contributed by atoms with Crippen molar-refractivity contribution in [2.45, 2.75) is 19.3 Å². The summed E-state index contributed by atoms with van der Waals surface area (Å²) in [5.41, 5.74) is 13.6. The van der Waals surface area contributed by atoms with E-state index < -0.39 is 0 Å². The van der Waals surface area contributed by atoms with Crippen molar-refractivity contribution in [3.63, 3.8) is 0 Å². The van der Waals surface area contributed by atoms with Crippen molar-refractivity contribution in [2.24, 2.45) is 0 Å². The van der Waals surface area contributed by atoms with Gasteiger partial charge in [0.2, 0.25) is 0 Å². The molecule has 1 aliphatic carbocycles. The maximum Gasteiger partial charge on any atom is 0.0549 e. The molecule has 0 radical (unpaired) electrons. The van der Waals surface area contributed by atoms with E-state index in [1.54, 1.807) is 0 Å². The first-order valence-electron chi connectivity index (χ1n) is 15.4. The molecule has 0 heterocycles. The molecule has 0 saturated carbocycles. The Kier molecular flexibility index (Phi) is 6.20. The van der Waals surface area contributed by atoms with Gasteiger partial charge in [0, 0.05) is 22.4 Å². The van der Waals surface area contributed by atoms with Crippen LogP contribution in [0.3, 0.4) is 0 Å². The van der Waals surface area contributed by atoms with Gasteiger partial charge in [-0.25, -0.2) is 0 Å². The van der Waals surface area contributed by atoms with Crippen LogP contribution in [0.5, 0.6) is 0 Å². The highest BCUT2D eigenvalue weighted by Crippen LogP contribution is 2.56. The summed E-state index contributed by atoms with van der Waals surface area (Å²) in [5.74, 6) is 0. The summed E-state index contributed by atoms with van der Waals surface area (Å²) in [5, 5.41) is 2.58. The minimum Gasteiger partial charge on any atom is -0.310 e. The van der Waals surface area contributed by atoms with Gasteiger partial charge in [0.1, 0.15) is 0 Å². The highest BCUT2D eigenvalue weighted by Gasteiger charge is 2.39. The Morgan fingerprint density at radius 1 is 0.455 bits per heavy atom. The third kappa shape index (κ3) is 4.24. The molecule has 0 amide bonds. The fraction of sp³-hybridized carbons (Fsp3) is 0.0698. The molecule has 0 saturated heterocycles. The lowest BCUT2D eigenvalue weighted by atomic mass is 9.80. The Labute approximate surface area is 259 Å². The van der Waals surface area contributed by atoms with E-state index in [0.717, 1.165) is 11.4 Å². The minimum absolute atomic E-state index is 0.121. The molecule has 0 N–H and O–H groups in total.